The Bertz CT molecular complexity index is 814. The van der Waals surface area contributed by atoms with E-state index in [2.05, 4.69) is 11.0 Å². The number of carbonyl (C=O) groups excluding carboxylic acids is 1. The third-order valence-corrected chi connectivity index (χ3v) is 4.78. The van der Waals surface area contributed by atoms with Gasteiger partial charge in [-0.2, -0.15) is 5.26 Å². The van der Waals surface area contributed by atoms with Crippen molar-refractivity contribution < 1.29 is 14.3 Å². The van der Waals surface area contributed by atoms with Gasteiger partial charge in [-0.3, -0.25) is 0 Å². The standard InChI is InChI=1S/C20H23N3O3/c1-3-25-20(24)17-13(2)26-19(22)16(12-21)18(17)14-7-6-8-15(11-14)23-9-4-5-10-23/h6-8,11,18H,3-5,9-10,22H2,1-2H3. The maximum atomic E-state index is 12.6. The molecule has 2 N–H and O–H groups in total. The van der Waals surface area contributed by atoms with Gasteiger partial charge in [-0.05, 0) is 44.4 Å². The smallest absolute Gasteiger partial charge is 0.338 e. The van der Waals surface area contributed by atoms with Gasteiger partial charge in [0.25, 0.3) is 0 Å². The highest BCUT2D eigenvalue weighted by Crippen LogP contribution is 2.40. The predicted molar refractivity (Wildman–Crippen MR) is 97.9 cm³/mol. The van der Waals surface area contributed by atoms with Gasteiger partial charge < -0.3 is 20.1 Å². The molecule has 0 bridgehead atoms. The molecule has 6 heteroatoms. The molecule has 136 valence electrons. The average Bonchev–Trinajstić information content (AvgIpc) is 3.16. The fourth-order valence-corrected chi connectivity index (χ4v) is 3.56. The highest BCUT2D eigenvalue weighted by molar-refractivity contribution is 5.92. The Morgan fingerprint density at radius 1 is 1.42 bits per heavy atom. The van der Waals surface area contributed by atoms with E-state index in [1.807, 2.05) is 24.3 Å². The minimum absolute atomic E-state index is 0.0367. The molecule has 1 unspecified atom stereocenters. The number of rotatable bonds is 4. The zero-order valence-electron chi connectivity index (χ0n) is 15.1. The number of hydrogen-bond donors (Lipinski definition) is 1. The third kappa shape index (κ3) is 3.25. The summed E-state index contributed by atoms with van der Waals surface area (Å²) in [6, 6.07) is 10.0. The van der Waals surface area contributed by atoms with E-state index in [1.165, 1.54) is 12.8 Å². The highest BCUT2D eigenvalue weighted by atomic mass is 16.5. The molecule has 2 aliphatic rings. The van der Waals surface area contributed by atoms with Crippen LogP contribution in [0.3, 0.4) is 0 Å². The first-order valence-corrected chi connectivity index (χ1v) is 8.87. The average molecular weight is 353 g/mol. The molecule has 3 rings (SSSR count). The van der Waals surface area contributed by atoms with E-state index >= 15 is 0 Å². The maximum absolute atomic E-state index is 12.6. The molecule has 1 aromatic rings. The van der Waals surface area contributed by atoms with Crippen molar-refractivity contribution in [3.05, 3.63) is 52.6 Å². The number of ether oxygens (including phenoxy) is 2. The Balaban J connectivity index is 2.08. The quantitative estimate of drug-likeness (QED) is 0.837. The monoisotopic (exact) mass is 353 g/mol. The molecule has 26 heavy (non-hydrogen) atoms. The Morgan fingerprint density at radius 2 is 2.15 bits per heavy atom. The third-order valence-electron chi connectivity index (χ3n) is 4.78. The van der Waals surface area contributed by atoms with Gasteiger partial charge in [0.05, 0.1) is 18.1 Å². The number of anilines is 1. The second-order valence-electron chi connectivity index (χ2n) is 6.40. The van der Waals surface area contributed by atoms with Crippen molar-refractivity contribution in [1.29, 1.82) is 5.26 Å². The van der Waals surface area contributed by atoms with Crippen LogP contribution in [0, 0.1) is 11.3 Å². The first-order valence-electron chi connectivity index (χ1n) is 8.87. The summed E-state index contributed by atoms with van der Waals surface area (Å²) in [4.78, 5) is 14.9. The van der Waals surface area contributed by atoms with Crippen LogP contribution in [0.4, 0.5) is 5.69 Å². The number of benzene rings is 1. The number of nitriles is 1. The van der Waals surface area contributed by atoms with Crippen molar-refractivity contribution in [2.24, 2.45) is 5.73 Å². The molecule has 0 aromatic heterocycles. The molecule has 0 amide bonds. The van der Waals surface area contributed by atoms with Crippen molar-refractivity contribution in [3.8, 4) is 6.07 Å². The summed E-state index contributed by atoms with van der Waals surface area (Å²) in [7, 11) is 0. The van der Waals surface area contributed by atoms with Gasteiger partial charge in [0.15, 0.2) is 0 Å². The van der Waals surface area contributed by atoms with E-state index in [0.29, 0.717) is 11.3 Å². The Kier molecular flexibility index (Phi) is 5.17. The Labute approximate surface area is 153 Å². The van der Waals surface area contributed by atoms with E-state index in [9.17, 15) is 10.1 Å². The summed E-state index contributed by atoms with van der Waals surface area (Å²) in [6.07, 6.45) is 2.34. The molecule has 0 spiro atoms. The Morgan fingerprint density at radius 3 is 2.81 bits per heavy atom. The summed E-state index contributed by atoms with van der Waals surface area (Å²) >= 11 is 0. The van der Waals surface area contributed by atoms with Crippen LogP contribution in [-0.2, 0) is 14.3 Å². The van der Waals surface area contributed by atoms with Gasteiger partial charge >= 0.3 is 5.97 Å². The van der Waals surface area contributed by atoms with Crippen LogP contribution < -0.4 is 10.6 Å². The lowest BCUT2D eigenvalue weighted by Gasteiger charge is -2.28. The van der Waals surface area contributed by atoms with Gasteiger partial charge in [-0.1, -0.05) is 12.1 Å². The van der Waals surface area contributed by atoms with Gasteiger partial charge in [0.1, 0.15) is 17.4 Å². The molecule has 2 aliphatic heterocycles. The van der Waals surface area contributed by atoms with Crippen molar-refractivity contribution in [2.75, 3.05) is 24.6 Å². The summed E-state index contributed by atoms with van der Waals surface area (Å²) in [6.45, 7) is 5.69. The van der Waals surface area contributed by atoms with E-state index in [0.717, 1.165) is 24.3 Å². The number of carbonyl (C=O) groups is 1. The lowest BCUT2D eigenvalue weighted by Crippen LogP contribution is -2.26. The highest BCUT2D eigenvalue weighted by Gasteiger charge is 2.36. The molecule has 0 radical (unpaired) electrons. The van der Waals surface area contributed by atoms with E-state index in [-0.39, 0.29) is 18.1 Å². The fourth-order valence-electron chi connectivity index (χ4n) is 3.56. The van der Waals surface area contributed by atoms with Crippen LogP contribution in [-0.4, -0.2) is 25.7 Å². The van der Waals surface area contributed by atoms with E-state index < -0.39 is 11.9 Å². The summed E-state index contributed by atoms with van der Waals surface area (Å²) in [5, 5.41) is 9.64. The first kappa shape index (κ1) is 17.9. The molecule has 0 aliphatic carbocycles. The molecule has 1 saturated heterocycles. The van der Waals surface area contributed by atoms with Crippen LogP contribution in [0.1, 0.15) is 38.2 Å². The van der Waals surface area contributed by atoms with Crippen molar-refractivity contribution >= 4 is 11.7 Å². The van der Waals surface area contributed by atoms with Crippen molar-refractivity contribution in [1.82, 2.24) is 0 Å². The van der Waals surface area contributed by atoms with Crippen LogP contribution in [0.5, 0.6) is 0 Å². The molecule has 0 saturated carbocycles. The lowest BCUT2D eigenvalue weighted by atomic mass is 9.83. The summed E-state index contributed by atoms with van der Waals surface area (Å²) < 4.78 is 10.7. The molecular formula is C20H23N3O3. The number of allylic oxidation sites excluding steroid dienone is 2. The SMILES string of the molecule is CCOC(=O)C1=C(C)OC(N)=C(C#N)C1c1cccc(N2CCCC2)c1. The molecule has 1 atom stereocenters. The predicted octanol–water partition coefficient (Wildman–Crippen LogP) is 2.93. The first-order chi connectivity index (χ1) is 12.6. The normalized spacial score (nSPS) is 20.0. The lowest BCUT2D eigenvalue weighted by molar-refractivity contribution is -0.139. The van der Waals surface area contributed by atoms with Crippen LogP contribution in [0.25, 0.3) is 0 Å². The molecule has 1 aromatic carbocycles. The minimum Gasteiger partial charge on any atom is -0.463 e. The van der Waals surface area contributed by atoms with Crippen LogP contribution >= 0.6 is 0 Å². The number of hydrogen-bond acceptors (Lipinski definition) is 6. The number of nitrogens with zero attached hydrogens (tertiary/aromatic N) is 2. The van der Waals surface area contributed by atoms with Gasteiger partial charge in [-0.15, -0.1) is 0 Å². The molecule has 6 nitrogen and oxygen atoms in total. The summed E-state index contributed by atoms with van der Waals surface area (Å²) in [5.41, 5.74) is 8.42. The second kappa shape index (κ2) is 7.52. The maximum Gasteiger partial charge on any atom is 0.338 e. The molecule has 2 heterocycles. The van der Waals surface area contributed by atoms with Crippen LogP contribution in [0.15, 0.2) is 47.1 Å². The topological polar surface area (TPSA) is 88.6 Å². The number of esters is 1. The zero-order chi connectivity index (χ0) is 18.7. The summed E-state index contributed by atoms with van der Waals surface area (Å²) in [5.74, 6) is -0.664. The minimum atomic E-state index is -0.588. The fraction of sp³-hybridized carbons (Fsp3) is 0.400. The largest absolute Gasteiger partial charge is 0.463 e. The van der Waals surface area contributed by atoms with Crippen molar-refractivity contribution in [2.45, 2.75) is 32.6 Å². The number of nitrogens with two attached hydrogens (primary N) is 1. The van der Waals surface area contributed by atoms with Gasteiger partial charge in [0.2, 0.25) is 5.88 Å². The zero-order valence-corrected chi connectivity index (χ0v) is 15.1. The van der Waals surface area contributed by atoms with Crippen molar-refractivity contribution in [3.63, 3.8) is 0 Å². The van der Waals surface area contributed by atoms with E-state index in [1.54, 1.807) is 13.8 Å². The second-order valence-corrected chi connectivity index (χ2v) is 6.40. The van der Waals surface area contributed by atoms with Gasteiger partial charge in [-0.25, -0.2) is 4.79 Å². The Hall–Kier alpha value is -2.94. The molecular weight excluding hydrogens is 330 g/mol. The molecule has 1 fully saturated rings. The van der Waals surface area contributed by atoms with E-state index in [4.69, 9.17) is 15.2 Å². The van der Waals surface area contributed by atoms with Gasteiger partial charge in [0, 0.05) is 18.8 Å². The van der Waals surface area contributed by atoms with Crippen LogP contribution in [0.2, 0.25) is 0 Å².